The predicted octanol–water partition coefficient (Wildman–Crippen LogP) is 4.51. The Kier molecular flexibility index (Phi) is 6.69. The van der Waals surface area contributed by atoms with Crippen LogP contribution in [0.25, 0.3) is 0 Å². The first kappa shape index (κ1) is 15.5. The predicted molar refractivity (Wildman–Crippen MR) is 89.2 cm³/mol. The third-order valence-electron chi connectivity index (χ3n) is 3.61. The van der Waals surface area contributed by atoms with Crippen LogP contribution >= 0.6 is 0 Å². The minimum absolute atomic E-state index is 0.244. The Labute approximate surface area is 127 Å². The molecule has 2 heteroatoms. The van der Waals surface area contributed by atoms with Gasteiger partial charge in [-0.05, 0) is 49.1 Å². The number of unbranched alkanes of at least 4 members (excludes halogenated alkanes) is 3. The lowest BCUT2D eigenvalue weighted by atomic mass is 9.99. The number of hydrogen-bond acceptors (Lipinski definition) is 2. The monoisotopic (exact) mass is 280 g/mol. The van der Waals surface area contributed by atoms with Crippen molar-refractivity contribution in [1.82, 2.24) is 10.3 Å². The average molecular weight is 280 g/mol. The maximum absolute atomic E-state index is 4.11. The van der Waals surface area contributed by atoms with Gasteiger partial charge < -0.3 is 5.32 Å². The van der Waals surface area contributed by atoms with Crippen molar-refractivity contribution in [2.45, 2.75) is 31.7 Å². The van der Waals surface area contributed by atoms with Crippen LogP contribution < -0.4 is 5.32 Å². The molecule has 0 fully saturated rings. The van der Waals surface area contributed by atoms with Gasteiger partial charge in [-0.2, -0.15) is 0 Å². The first-order valence-corrected chi connectivity index (χ1v) is 7.71. The second-order valence-corrected chi connectivity index (χ2v) is 5.22. The molecule has 2 aromatic rings. The molecule has 2 rings (SSSR count). The Morgan fingerprint density at radius 2 is 1.67 bits per heavy atom. The molecular weight excluding hydrogens is 256 g/mol. The van der Waals surface area contributed by atoms with E-state index in [-0.39, 0.29) is 6.04 Å². The van der Waals surface area contributed by atoms with Gasteiger partial charge >= 0.3 is 0 Å². The topological polar surface area (TPSA) is 24.9 Å². The van der Waals surface area contributed by atoms with Gasteiger partial charge in [-0.3, -0.25) is 4.98 Å². The summed E-state index contributed by atoms with van der Waals surface area (Å²) in [6.45, 7) is 4.79. The molecule has 0 saturated carbocycles. The van der Waals surface area contributed by atoms with Crippen LogP contribution in [0.1, 0.15) is 42.9 Å². The van der Waals surface area contributed by atoms with Gasteiger partial charge in [0.2, 0.25) is 0 Å². The van der Waals surface area contributed by atoms with E-state index >= 15 is 0 Å². The number of nitrogens with one attached hydrogen (secondary N) is 1. The quantitative estimate of drug-likeness (QED) is 0.540. The van der Waals surface area contributed by atoms with Crippen LogP contribution in [0.5, 0.6) is 0 Å². The molecule has 0 bridgehead atoms. The molecular formula is C19H24N2. The van der Waals surface area contributed by atoms with Crippen LogP contribution in [-0.2, 0) is 0 Å². The highest BCUT2D eigenvalue weighted by molar-refractivity contribution is 5.30. The zero-order chi connectivity index (χ0) is 14.8. The summed E-state index contributed by atoms with van der Waals surface area (Å²) in [5.74, 6) is 0. The molecule has 1 aromatic carbocycles. The summed E-state index contributed by atoms with van der Waals surface area (Å²) in [5.41, 5.74) is 2.57. The summed E-state index contributed by atoms with van der Waals surface area (Å²) in [6, 6.07) is 15.0. The first-order chi connectivity index (χ1) is 10.4. The highest BCUT2D eigenvalue weighted by Gasteiger charge is 2.12. The summed E-state index contributed by atoms with van der Waals surface area (Å²) in [6.07, 6.45) is 10.5. The Balaban J connectivity index is 1.95. The summed E-state index contributed by atoms with van der Waals surface area (Å²) < 4.78 is 0. The average Bonchev–Trinajstić information content (AvgIpc) is 2.56. The van der Waals surface area contributed by atoms with E-state index in [1.807, 2.05) is 18.5 Å². The van der Waals surface area contributed by atoms with E-state index in [4.69, 9.17) is 0 Å². The molecule has 0 radical (unpaired) electrons. The number of hydrogen-bond donors (Lipinski definition) is 1. The van der Waals surface area contributed by atoms with Crippen LogP contribution in [0.3, 0.4) is 0 Å². The van der Waals surface area contributed by atoms with E-state index in [1.54, 1.807) is 0 Å². The van der Waals surface area contributed by atoms with Gasteiger partial charge in [-0.15, -0.1) is 6.58 Å². The number of benzene rings is 1. The van der Waals surface area contributed by atoms with Crippen molar-refractivity contribution in [1.29, 1.82) is 0 Å². The fourth-order valence-electron chi connectivity index (χ4n) is 2.47. The zero-order valence-electron chi connectivity index (χ0n) is 12.5. The smallest absolute Gasteiger partial charge is 0.0577 e. The molecule has 1 aromatic heterocycles. The summed E-state index contributed by atoms with van der Waals surface area (Å²) in [7, 11) is 0. The van der Waals surface area contributed by atoms with Crippen LogP contribution in [0.15, 0.2) is 67.5 Å². The van der Waals surface area contributed by atoms with Crippen molar-refractivity contribution < 1.29 is 0 Å². The third-order valence-corrected chi connectivity index (χ3v) is 3.61. The SMILES string of the molecule is C=CCCCCCNC(c1ccccc1)c1ccncc1. The lowest BCUT2D eigenvalue weighted by Gasteiger charge is -2.19. The van der Waals surface area contributed by atoms with Crippen molar-refractivity contribution in [3.63, 3.8) is 0 Å². The Morgan fingerprint density at radius 3 is 2.38 bits per heavy atom. The van der Waals surface area contributed by atoms with E-state index in [1.165, 1.54) is 30.4 Å². The molecule has 1 atom stereocenters. The Hall–Kier alpha value is -1.93. The van der Waals surface area contributed by atoms with Gasteiger partial charge in [0.15, 0.2) is 0 Å². The van der Waals surface area contributed by atoms with Gasteiger partial charge in [-0.25, -0.2) is 0 Å². The second-order valence-electron chi connectivity index (χ2n) is 5.22. The molecule has 1 unspecified atom stereocenters. The molecule has 0 aliphatic heterocycles. The van der Waals surface area contributed by atoms with Crippen molar-refractivity contribution in [3.05, 3.63) is 78.6 Å². The van der Waals surface area contributed by atoms with Crippen LogP contribution in [0, 0.1) is 0 Å². The van der Waals surface area contributed by atoms with E-state index in [0.717, 1.165) is 13.0 Å². The molecule has 1 heterocycles. The van der Waals surface area contributed by atoms with Crippen LogP contribution in [0.2, 0.25) is 0 Å². The van der Waals surface area contributed by atoms with E-state index in [9.17, 15) is 0 Å². The molecule has 1 N–H and O–H groups in total. The van der Waals surface area contributed by atoms with E-state index < -0.39 is 0 Å². The number of allylic oxidation sites excluding steroid dienone is 1. The minimum atomic E-state index is 0.244. The fraction of sp³-hybridized carbons (Fsp3) is 0.316. The standard InChI is InChI=1S/C19H24N2/c1-2-3-4-5-9-14-21-19(17-10-7-6-8-11-17)18-12-15-20-16-13-18/h2,6-8,10-13,15-16,19,21H,1,3-5,9,14H2. The maximum atomic E-state index is 4.11. The third kappa shape index (κ3) is 5.16. The zero-order valence-corrected chi connectivity index (χ0v) is 12.5. The van der Waals surface area contributed by atoms with Gasteiger partial charge in [0, 0.05) is 12.4 Å². The van der Waals surface area contributed by atoms with Gasteiger partial charge in [0.05, 0.1) is 6.04 Å². The molecule has 0 aliphatic rings. The normalized spacial score (nSPS) is 12.0. The molecule has 0 amide bonds. The summed E-state index contributed by atoms with van der Waals surface area (Å²) in [4.78, 5) is 4.11. The lowest BCUT2D eigenvalue weighted by molar-refractivity contribution is 0.559. The van der Waals surface area contributed by atoms with Gasteiger partial charge in [-0.1, -0.05) is 42.8 Å². The Bertz CT molecular complexity index is 468. The van der Waals surface area contributed by atoms with E-state index in [2.05, 4.69) is 59.3 Å². The number of aromatic nitrogens is 1. The largest absolute Gasteiger partial charge is 0.306 e. The lowest BCUT2D eigenvalue weighted by Crippen LogP contribution is -2.23. The highest BCUT2D eigenvalue weighted by Crippen LogP contribution is 2.21. The van der Waals surface area contributed by atoms with Crippen molar-refractivity contribution in [2.75, 3.05) is 6.54 Å². The molecule has 0 saturated heterocycles. The number of rotatable bonds is 9. The molecule has 21 heavy (non-hydrogen) atoms. The van der Waals surface area contributed by atoms with Gasteiger partial charge in [0.25, 0.3) is 0 Å². The second kappa shape index (κ2) is 9.09. The van der Waals surface area contributed by atoms with Crippen molar-refractivity contribution >= 4 is 0 Å². The Morgan fingerprint density at radius 1 is 0.952 bits per heavy atom. The van der Waals surface area contributed by atoms with Gasteiger partial charge in [0.1, 0.15) is 0 Å². The van der Waals surface area contributed by atoms with Crippen molar-refractivity contribution in [2.24, 2.45) is 0 Å². The fourth-order valence-corrected chi connectivity index (χ4v) is 2.47. The summed E-state index contributed by atoms with van der Waals surface area (Å²) in [5, 5.41) is 3.68. The number of nitrogens with zero attached hydrogens (tertiary/aromatic N) is 1. The molecule has 2 nitrogen and oxygen atoms in total. The maximum Gasteiger partial charge on any atom is 0.0577 e. The van der Waals surface area contributed by atoms with Crippen LogP contribution in [-0.4, -0.2) is 11.5 Å². The number of pyridine rings is 1. The molecule has 110 valence electrons. The van der Waals surface area contributed by atoms with Crippen LogP contribution in [0.4, 0.5) is 0 Å². The highest BCUT2D eigenvalue weighted by atomic mass is 14.9. The van der Waals surface area contributed by atoms with E-state index in [0.29, 0.717) is 0 Å². The molecule has 0 aliphatic carbocycles. The van der Waals surface area contributed by atoms with Crippen molar-refractivity contribution in [3.8, 4) is 0 Å². The first-order valence-electron chi connectivity index (χ1n) is 7.71. The summed E-state index contributed by atoms with van der Waals surface area (Å²) >= 11 is 0. The molecule has 0 spiro atoms. The minimum Gasteiger partial charge on any atom is -0.306 e.